The van der Waals surface area contributed by atoms with Crippen LogP contribution < -0.4 is 15.5 Å². The van der Waals surface area contributed by atoms with E-state index in [4.69, 9.17) is 4.74 Å². The van der Waals surface area contributed by atoms with Crippen molar-refractivity contribution in [3.05, 3.63) is 65.5 Å². The lowest BCUT2D eigenvalue weighted by molar-refractivity contribution is -0.139. The SMILES string of the molecule is CC[C@]1(c2ccccc2)NC(=O)N(NC(=O)Cc2ccc(OC)c(F)c2)C1=O. The monoisotopic (exact) mass is 385 g/mol. The molecule has 28 heavy (non-hydrogen) atoms. The van der Waals surface area contributed by atoms with Crippen molar-refractivity contribution < 1.29 is 23.5 Å². The van der Waals surface area contributed by atoms with E-state index in [0.717, 1.165) is 0 Å². The van der Waals surface area contributed by atoms with Crippen molar-refractivity contribution in [2.75, 3.05) is 7.11 Å². The van der Waals surface area contributed by atoms with Gasteiger partial charge >= 0.3 is 6.03 Å². The van der Waals surface area contributed by atoms with E-state index in [0.29, 0.717) is 22.6 Å². The first-order valence-corrected chi connectivity index (χ1v) is 8.75. The van der Waals surface area contributed by atoms with Crippen LogP contribution in [0.3, 0.4) is 0 Å². The molecule has 7 nitrogen and oxygen atoms in total. The molecule has 0 aromatic heterocycles. The number of amides is 4. The zero-order valence-electron chi connectivity index (χ0n) is 15.5. The molecule has 2 aromatic carbocycles. The van der Waals surface area contributed by atoms with E-state index in [-0.39, 0.29) is 12.2 Å². The highest BCUT2D eigenvalue weighted by Gasteiger charge is 2.52. The predicted octanol–water partition coefficient (Wildman–Crippen LogP) is 2.27. The average molecular weight is 385 g/mol. The molecule has 0 bridgehead atoms. The molecule has 0 unspecified atom stereocenters. The van der Waals surface area contributed by atoms with E-state index in [2.05, 4.69) is 10.7 Å². The number of urea groups is 1. The minimum Gasteiger partial charge on any atom is -0.494 e. The summed E-state index contributed by atoms with van der Waals surface area (Å²) in [6, 6.07) is 12.2. The Labute approximate surface area is 161 Å². The van der Waals surface area contributed by atoms with Crippen molar-refractivity contribution in [3.63, 3.8) is 0 Å². The van der Waals surface area contributed by atoms with Gasteiger partial charge in [-0.05, 0) is 29.7 Å². The molecule has 2 aromatic rings. The maximum Gasteiger partial charge on any atom is 0.344 e. The molecule has 1 fully saturated rings. The standard InChI is InChI=1S/C20H20FN3O4/c1-3-20(14-7-5-4-6-8-14)18(26)24(19(27)22-20)23-17(25)12-13-9-10-16(28-2)15(21)11-13/h4-11H,3,12H2,1-2H3,(H,22,27)(H,23,25)/t20-/m1/s1. The molecular formula is C20H20FN3O4. The third-order valence-electron chi connectivity index (χ3n) is 4.71. The molecule has 1 heterocycles. The third kappa shape index (κ3) is 3.40. The highest BCUT2D eigenvalue weighted by molar-refractivity contribution is 6.08. The van der Waals surface area contributed by atoms with Crippen LogP contribution in [0, 0.1) is 5.82 Å². The topological polar surface area (TPSA) is 87.7 Å². The molecule has 3 rings (SSSR count). The van der Waals surface area contributed by atoms with E-state index < -0.39 is 29.2 Å². The molecule has 0 aliphatic carbocycles. The number of benzene rings is 2. The van der Waals surface area contributed by atoms with Crippen LogP contribution in [0.25, 0.3) is 0 Å². The van der Waals surface area contributed by atoms with Gasteiger partial charge in [-0.3, -0.25) is 15.0 Å². The number of halogens is 1. The molecule has 1 atom stereocenters. The summed E-state index contributed by atoms with van der Waals surface area (Å²) in [5, 5.41) is 3.35. The largest absolute Gasteiger partial charge is 0.494 e. The Kier molecular flexibility index (Phi) is 5.30. The van der Waals surface area contributed by atoms with Crippen molar-refractivity contribution in [2.45, 2.75) is 25.3 Å². The first kappa shape index (κ1) is 19.3. The van der Waals surface area contributed by atoms with Gasteiger partial charge in [-0.1, -0.05) is 43.3 Å². The Bertz CT molecular complexity index is 919. The molecule has 8 heteroatoms. The van der Waals surface area contributed by atoms with Crippen LogP contribution >= 0.6 is 0 Å². The number of nitrogens with one attached hydrogen (secondary N) is 2. The van der Waals surface area contributed by atoms with E-state index >= 15 is 0 Å². The average Bonchev–Trinajstić information content (AvgIpc) is 2.94. The summed E-state index contributed by atoms with van der Waals surface area (Å²) in [7, 11) is 1.34. The Hall–Kier alpha value is -3.42. The normalized spacial score (nSPS) is 18.8. The lowest BCUT2D eigenvalue weighted by atomic mass is 9.87. The fourth-order valence-corrected chi connectivity index (χ4v) is 3.21. The second-order valence-corrected chi connectivity index (χ2v) is 6.38. The van der Waals surface area contributed by atoms with Crippen LogP contribution in [0.5, 0.6) is 5.75 Å². The molecular weight excluding hydrogens is 365 g/mol. The summed E-state index contributed by atoms with van der Waals surface area (Å²) in [5.41, 5.74) is 2.09. The Morgan fingerprint density at radius 1 is 1.21 bits per heavy atom. The van der Waals surface area contributed by atoms with Gasteiger partial charge in [0.2, 0.25) is 5.91 Å². The number of hydrazine groups is 1. The van der Waals surface area contributed by atoms with Crippen molar-refractivity contribution in [1.29, 1.82) is 0 Å². The molecule has 1 aliphatic heterocycles. The van der Waals surface area contributed by atoms with Gasteiger partial charge in [-0.2, -0.15) is 5.01 Å². The number of hydrogen-bond acceptors (Lipinski definition) is 4. The van der Waals surface area contributed by atoms with E-state index in [9.17, 15) is 18.8 Å². The molecule has 0 radical (unpaired) electrons. The van der Waals surface area contributed by atoms with Gasteiger partial charge < -0.3 is 10.1 Å². The first-order valence-electron chi connectivity index (χ1n) is 8.75. The molecule has 4 amide bonds. The van der Waals surface area contributed by atoms with Gasteiger partial charge in [0.1, 0.15) is 5.54 Å². The number of carbonyl (C=O) groups excluding carboxylic acids is 3. The number of carbonyl (C=O) groups is 3. The number of hydrogen-bond donors (Lipinski definition) is 2. The zero-order valence-corrected chi connectivity index (χ0v) is 15.5. The van der Waals surface area contributed by atoms with Crippen molar-refractivity contribution in [2.24, 2.45) is 0 Å². The molecule has 0 saturated carbocycles. The van der Waals surface area contributed by atoms with Gasteiger partial charge in [0.05, 0.1) is 13.5 Å². The molecule has 2 N–H and O–H groups in total. The van der Waals surface area contributed by atoms with Crippen molar-refractivity contribution >= 4 is 17.8 Å². The smallest absolute Gasteiger partial charge is 0.344 e. The Morgan fingerprint density at radius 3 is 2.54 bits per heavy atom. The fraction of sp³-hybridized carbons (Fsp3) is 0.250. The van der Waals surface area contributed by atoms with Gasteiger partial charge in [-0.15, -0.1) is 0 Å². The van der Waals surface area contributed by atoms with Gasteiger partial charge in [0.25, 0.3) is 5.91 Å². The Balaban J connectivity index is 1.75. The number of imide groups is 1. The van der Waals surface area contributed by atoms with Gasteiger partial charge in [0, 0.05) is 0 Å². The lowest BCUT2D eigenvalue weighted by Crippen LogP contribution is -2.49. The number of methoxy groups -OCH3 is 1. The fourth-order valence-electron chi connectivity index (χ4n) is 3.21. The first-order chi connectivity index (χ1) is 13.4. The van der Waals surface area contributed by atoms with Crippen LogP contribution in [0.1, 0.15) is 24.5 Å². The summed E-state index contributed by atoms with van der Waals surface area (Å²) >= 11 is 0. The summed E-state index contributed by atoms with van der Waals surface area (Å²) in [6.45, 7) is 1.77. The number of ether oxygens (including phenoxy) is 1. The number of rotatable bonds is 6. The third-order valence-corrected chi connectivity index (χ3v) is 4.71. The maximum atomic E-state index is 13.8. The second-order valence-electron chi connectivity index (χ2n) is 6.38. The quantitative estimate of drug-likeness (QED) is 0.747. The van der Waals surface area contributed by atoms with E-state index in [1.165, 1.54) is 25.3 Å². The van der Waals surface area contributed by atoms with Crippen LogP contribution in [0.4, 0.5) is 9.18 Å². The Morgan fingerprint density at radius 2 is 1.93 bits per heavy atom. The van der Waals surface area contributed by atoms with E-state index in [1.807, 2.05) is 6.07 Å². The molecule has 1 aliphatic rings. The van der Waals surface area contributed by atoms with E-state index in [1.54, 1.807) is 31.2 Å². The summed E-state index contributed by atoms with van der Waals surface area (Å²) in [4.78, 5) is 37.6. The van der Waals surface area contributed by atoms with Crippen molar-refractivity contribution in [3.8, 4) is 5.75 Å². The molecule has 0 spiro atoms. The minimum atomic E-state index is -1.24. The van der Waals surface area contributed by atoms with Gasteiger partial charge in [-0.25, -0.2) is 9.18 Å². The minimum absolute atomic E-state index is 0.0637. The lowest BCUT2D eigenvalue weighted by Gasteiger charge is -2.25. The summed E-state index contributed by atoms with van der Waals surface area (Å²) < 4.78 is 18.6. The predicted molar refractivity (Wildman–Crippen MR) is 98.6 cm³/mol. The second kappa shape index (κ2) is 7.67. The van der Waals surface area contributed by atoms with Crippen LogP contribution in [-0.4, -0.2) is 30.0 Å². The van der Waals surface area contributed by atoms with Crippen LogP contribution in [0.15, 0.2) is 48.5 Å². The van der Waals surface area contributed by atoms with Crippen LogP contribution in [0.2, 0.25) is 0 Å². The van der Waals surface area contributed by atoms with Crippen LogP contribution in [-0.2, 0) is 21.5 Å². The van der Waals surface area contributed by atoms with Crippen molar-refractivity contribution in [1.82, 2.24) is 15.8 Å². The highest BCUT2D eigenvalue weighted by Crippen LogP contribution is 2.31. The maximum absolute atomic E-state index is 13.8. The highest BCUT2D eigenvalue weighted by atomic mass is 19.1. The summed E-state index contributed by atoms with van der Waals surface area (Å²) in [6.07, 6.45) is 0.111. The number of nitrogens with zero attached hydrogens (tertiary/aromatic N) is 1. The zero-order chi connectivity index (χ0) is 20.3. The van der Waals surface area contributed by atoms with Gasteiger partial charge in [0.15, 0.2) is 11.6 Å². The summed E-state index contributed by atoms with van der Waals surface area (Å²) in [5.74, 6) is -1.72. The molecule has 1 saturated heterocycles. The molecule has 146 valence electrons.